The van der Waals surface area contributed by atoms with Crippen LogP contribution in [0.5, 0.6) is 0 Å². The van der Waals surface area contributed by atoms with E-state index in [1.807, 2.05) is 0 Å². The van der Waals surface area contributed by atoms with Gasteiger partial charge in [0.15, 0.2) is 5.82 Å². The molecule has 6 aromatic rings. The maximum atomic E-state index is 14.7. The van der Waals surface area contributed by atoms with Gasteiger partial charge in [0.2, 0.25) is 0 Å². The van der Waals surface area contributed by atoms with Crippen LogP contribution < -0.4 is 11.2 Å². The third-order valence-corrected chi connectivity index (χ3v) is 7.91. The molecule has 0 unspecified atom stereocenters. The van der Waals surface area contributed by atoms with Crippen LogP contribution in [0.4, 0.5) is 14.5 Å². The summed E-state index contributed by atoms with van der Waals surface area (Å²) in [6.07, 6.45) is 4.24. The number of thiophene rings is 1. The molecule has 204 valence electrons. The third kappa shape index (κ3) is 4.39. The molecular formula is C27H17F2N7O4S. The molecule has 0 bridgehead atoms. The van der Waals surface area contributed by atoms with Crippen LogP contribution in [0.1, 0.15) is 11.1 Å². The molecule has 0 aliphatic heterocycles. The maximum Gasteiger partial charge on any atom is 0.337 e. The van der Waals surface area contributed by atoms with Gasteiger partial charge < -0.3 is 0 Å². The van der Waals surface area contributed by atoms with Crippen LogP contribution in [-0.4, -0.2) is 34.0 Å². The van der Waals surface area contributed by atoms with Crippen LogP contribution in [0.15, 0.2) is 82.8 Å². The number of aryl methyl sites for hydroxylation is 1. The van der Waals surface area contributed by atoms with Crippen molar-refractivity contribution >= 4 is 27.2 Å². The monoisotopic (exact) mass is 573 g/mol. The second-order valence-electron chi connectivity index (χ2n) is 8.94. The van der Waals surface area contributed by atoms with Crippen LogP contribution in [0, 0.1) is 28.7 Å². The fraction of sp³-hybridized carbons (Fsp3) is 0.0741. The average molecular weight is 574 g/mol. The normalized spacial score (nSPS) is 11.3. The van der Waals surface area contributed by atoms with E-state index >= 15 is 0 Å². The molecule has 4 aromatic heterocycles. The number of fused-ring (bicyclic) bond motifs is 1. The molecule has 0 fully saturated rings. The summed E-state index contributed by atoms with van der Waals surface area (Å²) in [6.45, 7) is 1.20. The Kier molecular flexibility index (Phi) is 6.30. The Hall–Kier alpha value is -5.37. The number of nitro groups is 1. The zero-order valence-corrected chi connectivity index (χ0v) is 21.9. The Bertz CT molecular complexity index is 2050. The van der Waals surface area contributed by atoms with Gasteiger partial charge in [-0.15, -0.1) is 16.1 Å². The molecule has 0 radical (unpaired) electrons. The molecule has 11 nitrogen and oxygen atoms in total. The minimum absolute atomic E-state index is 0.108. The van der Waals surface area contributed by atoms with E-state index in [-0.39, 0.29) is 27.2 Å². The SMILES string of the molecule is Cc1c(-c2ccc([N+](=O)[O-])cc2)sc2c1c(=O)n(-c1ccc(-n3nccn3)nc1)c(=O)n2Cc1c(F)cccc1F. The first-order valence-electron chi connectivity index (χ1n) is 12.0. The van der Waals surface area contributed by atoms with Gasteiger partial charge in [-0.2, -0.15) is 10.2 Å². The Morgan fingerprint density at radius 1 is 0.976 bits per heavy atom. The van der Waals surface area contributed by atoms with Crippen LogP contribution in [0.3, 0.4) is 0 Å². The van der Waals surface area contributed by atoms with Gasteiger partial charge in [-0.1, -0.05) is 6.07 Å². The number of hydrogen-bond acceptors (Lipinski definition) is 8. The van der Waals surface area contributed by atoms with Crippen LogP contribution in [0.2, 0.25) is 0 Å². The van der Waals surface area contributed by atoms with Crippen molar-refractivity contribution in [3.05, 3.63) is 127 Å². The Labute approximate surface area is 232 Å². The largest absolute Gasteiger partial charge is 0.337 e. The number of benzene rings is 2. The zero-order chi connectivity index (χ0) is 28.8. The Morgan fingerprint density at radius 2 is 1.66 bits per heavy atom. The first-order chi connectivity index (χ1) is 19.7. The van der Waals surface area contributed by atoms with E-state index in [9.17, 15) is 28.5 Å². The van der Waals surface area contributed by atoms with Gasteiger partial charge in [-0.25, -0.2) is 23.1 Å². The predicted molar refractivity (Wildman–Crippen MR) is 147 cm³/mol. The number of nitro benzene ring substituents is 1. The molecule has 0 saturated heterocycles. The summed E-state index contributed by atoms with van der Waals surface area (Å²) >= 11 is 1.08. The van der Waals surface area contributed by atoms with Crippen molar-refractivity contribution < 1.29 is 13.7 Å². The Morgan fingerprint density at radius 3 is 2.27 bits per heavy atom. The fourth-order valence-electron chi connectivity index (χ4n) is 4.53. The second-order valence-corrected chi connectivity index (χ2v) is 9.94. The highest BCUT2D eigenvalue weighted by atomic mass is 32.1. The van der Waals surface area contributed by atoms with Crippen LogP contribution in [0.25, 0.3) is 32.2 Å². The molecule has 0 saturated carbocycles. The van der Waals surface area contributed by atoms with E-state index < -0.39 is 34.4 Å². The predicted octanol–water partition coefficient (Wildman–Crippen LogP) is 4.40. The number of aromatic nitrogens is 6. The average Bonchev–Trinajstić information content (AvgIpc) is 3.62. The second kappa shape index (κ2) is 9.98. The van der Waals surface area contributed by atoms with Crippen molar-refractivity contribution in [3.8, 4) is 21.9 Å². The minimum Gasteiger partial charge on any atom is -0.279 e. The molecule has 2 aromatic carbocycles. The number of hydrogen-bond donors (Lipinski definition) is 0. The lowest BCUT2D eigenvalue weighted by Gasteiger charge is -2.13. The van der Waals surface area contributed by atoms with Gasteiger partial charge in [0.05, 0.1) is 41.1 Å². The zero-order valence-electron chi connectivity index (χ0n) is 21.1. The Balaban J connectivity index is 1.60. The van der Waals surface area contributed by atoms with Crippen LogP contribution >= 0.6 is 11.3 Å². The lowest BCUT2D eigenvalue weighted by atomic mass is 10.1. The van der Waals surface area contributed by atoms with E-state index in [1.54, 1.807) is 19.1 Å². The summed E-state index contributed by atoms with van der Waals surface area (Å²) in [5.74, 6) is -1.34. The highest BCUT2D eigenvalue weighted by Crippen LogP contribution is 2.37. The van der Waals surface area contributed by atoms with Gasteiger partial charge in [0, 0.05) is 22.6 Å². The molecule has 41 heavy (non-hydrogen) atoms. The van der Waals surface area contributed by atoms with Gasteiger partial charge in [-0.3, -0.25) is 19.5 Å². The molecule has 0 amide bonds. The maximum absolute atomic E-state index is 14.7. The molecule has 0 aliphatic rings. The van der Waals surface area contributed by atoms with E-state index in [2.05, 4.69) is 15.2 Å². The van der Waals surface area contributed by atoms with Gasteiger partial charge >= 0.3 is 5.69 Å². The summed E-state index contributed by atoms with van der Waals surface area (Å²) in [5.41, 5.74) is -0.717. The molecular weight excluding hydrogens is 556 g/mol. The molecule has 0 N–H and O–H groups in total. The highest BCUT2D eigenvalue weighted by molar-refractivity contribution is 7.22. The third-order valence-electron chi connectivity index (χ3n) is 6.54. The summed E-state index contributed by atoms with van der Waals surface area (Å²) in [5, 5.41) is 19.3. The van der Waals surface area contributed by atoms with Crippen molar-refractivity contribution in [1.82, 2.24) is 29.1 Å². The quantitative estimate of drug-likeness (QED) is 0.213. The lowest BCUT2D eigenvalue weighted by molar-refractivity contribution is -0.384. The molecule has 4 heterocycles. The molecule has 6 rings (SSSR count). The van der Waals surface area contributed by atoms with E-state index in [0.717, 1.165) is 32.6 Å². The van der Waals surface area contributed by atoms with Crippen molar-refractivity contribution in [3.63, 3.8) is 0 Å². The summed E-state index contributed by atoms with van der Waals surface area (Å²) in [6, 6.07) is 12.2. The summed E-state index contributed by atoms with van der Waals surface area (Å²) in [7, 11) is 0. The fourth-order valence-corrected chi connectivity index (χ4v) is 5.83. The first kappa shape index (κ1) is 25.9. The highest BCUT2D eigenvalue weighted by Gasteiger charge is 2.23. The molecule has 0 atom stereocenters. The molecule has 0 aliphatic carbocycles. The smallest absolute Gasteiger partial charge is 0.279 e. The topological polar surface area (TPSA) is 131 Å². The summed E-state index contributed by atoms with van der Waals surface area (Å²) in [4.78, 5) is 44.6. The van der Waals surface area contributed by atoms with Crippen molar-refractivity contribution in [2.45, 2.75) is 13.5 Å². The molecule has 0 spiro atoms. The van der Waals surface area contributed by atoms with Gasteiger partial charge in [0.25, 0.3) is 11.2 Å². The van der Waals surface area contributed by atoms with E-state index in [4.69, 9.17) is 0 Å². The number of rotatable bonds is 6. The standard InChI is InChI=1S/C27H17F2N7O4S/c1-15-23-25(37)34(18-9-10-22(30-13-18)35-31-11-12-32-35)27(38)33(14-19-20(28)3-2-4-21(19)29)26(23)41-24(15)16-5-7-17(8-6-16)36(39)40/h2-13H,14H2,1H3. The number of nitrogens with zero attached hydrogens (tertiary/aromatic N) is 7. The minimum atomic E-state index is -0.843. The lowest BCUT2D eigenvalue weighted by Crippen LogP contribution is -2.39. The summed E-state index contributed by atoms with van der Waals surface area (Å²) < 4.78 is 31.4. The number of pyridine rings is 1. The van der Waals surface area contributed by atoms with Crippen molar-refractivity contribution in [2.75, 3.05) is 0 Å². The van der Waals surface area contributed by atoms with E-state index in [1.165, 1.54) is 53.7 Å². The number of non-ortho nitro benzene ring substituents is 1. The molecule has 14 heteroatoms. The van der Waals surface area contributed by atoms with E-state index in [0.29, 0.717) is 21.8 Å². The van der Waals surface area contributed by atoms with Crippen molar-refractivity contribution in [2.24, 2.45) is 0 Å². The van der Waals surface area contributed by atoms with Gasteiger partial charge in [-0.05, 0) is 54.4 Å². The first-order valence-corrected chi connectivity index (χ1v) is 12.9. The van der Waals surface area contributed by atoms with Gasteiger partial charge in [0.1, 0.15) is 16.5 Å². The van der Waals surface area contributed by atoms with Crippen LogP contribution in [-0.2, 0) is 6.54 Å². The number of halogens is 2. The van der Waals surface area contributed by atoms with Crippen molar-refractivity contribution in [1.29, 1.82) is 0 Å².